The predicted molar refractivity (Wildman–Crippen MR) is 73.5 cm³/mol. The monoisotopic (exact) mass is 280 g/mol. The average Bonchev–Trinajstić information content (AvgIpc) is 2.88. The van der Waals surface area contributed by atoms with Gasteiger partial charge in [0.25, 0.3) is 0 Å². The van der Waals surface area contributed by atoms with Gasteiger partial charge >= 0.3 is 0 Å². The van der Waals surface area contributed by atoms with E-state index in [-0.39, 0.29) is 6.10 Å². The lowest BCUT2D eigenvalue weighted by molar-refractivity contribution is 0.102. The second-order valence-corrected chi connectivity index (χ2v) is 4.83. The number of pyridine rings is 1. The Balaban J connectivity index is 2.11. The first-order valence-corrected chi connectivity index (χ1v) is 6.53. The number of oxime groups is 1. The van der Waals surface area contributed by atoms with Gasteiger partial charge in [0.15, 0.2) is 0 Å². The molecule has 1 unspecified atom stereocenters. The van der Waals surface area contributed by atoms with E-state index in [1.807, 2.05) is 24.3 Å². The zero-order valence-electron chi connectivity index (χ0n) is 9.44. The number of benzene rings is 1. The third-order valence-corrected chi connectivity index (χ3v) is 3.61. The second-order valence-electron chi connectivity index (χ2n) is 4.12. The molecule has 1 aromatic carbocycles. The number of rotatable bonds is 2. The van der Waals surface area contributed by atoms with E-state index in [9.17, 15) is 0 Å². The molecule has 92 valence electrons. The number of hydrogen-bond acceptors (Lipinski definition) is 3. The van der Waals surface area contributed by atoms with E-state index in [0.717, 1.165) is 22.2 Å². The highest BCUT2D eigenvalue weighted by Crippen LogP contribution is 2.28. The number of hydrogen-bond donors (Lipinski definition) is 0. The number of halogens is 2. The van der Waals surface area contributed by atoms with Crippen molar-refractivity contribution in [3.8, 4) is 0 Å². The number of fused-ring (bicyclic) bond motifs is 1. The smallest absolute Gasteiger partial charge is 0.146 e. The Labute approximate surface area is 114 Å². The Kier molecular flexibility index (Phi) is 3.10. The highest BCUT2D eigenvalue weighted by atomic mass is 35.5. The van der Waals surface area contributed by atoms with E-state index < -0.39 is 0 Å². The van der Waals surface area contributed by atoms with Gasteiger partial charge < -0.3 is 4.84 Å². The van der Waals surface area contributed by atoms with Crippen LogP contribution in [0, 0.1) is 0 Å². The molecule has 0 spiro atoms. The minimum Gasteiger partial charge on any atom is -0.391 e. The molecule has 0 fully saturated rings. The van der Waals surface area contributed by atoms with Crippen LogP contribution in [0.2, 0.25) is 5.02 Å². The Morgan fingerprint density at radius 3 is 3.00 bits per heavy atom. The topological polar surface area (TPSA) is 34.5 Å². The summed E-state index contributed by atoms with van der Waals surface area (Å²) in [7, 11) is 0. The van der Waals surface area contributed by atoms with Gasteiger partial charge in [-0.25, -0.2) is 0 Å². The van der Waals surface area contributed by atoms with Crippen LogP contribution in [-0.4, -0.2) is 22.7 Å². The van der Waals surface area contributed by atoms with Crippen molar-refractivity contribution in [3.05, 3.63) is 41.0 Å². The van der Waals surface area contributed by atoms with Gasteiger partial charge in [0, 0.05) is 23.6 Å². The van der Waals surface area contributed by atoms with Crippen LogP contribution in [0.4, 0.5) is 0 Å². The Hall–Kier alpha value is -1.32. The van der Waals surface area contributed by atoms with Crippen molar-refractivity contribution in [1.82, 2.24) is 4.98 Å². The molecular formula is C13H10Cl2N2O. The summed E-state index contributed by atoms with van der Waals surface area (Å²) in [4.78, 5) is 9.63. The van der Waals surface area contributed by atoms with Crippen molar-refractivity contribution in [3.63, 3.8) is 0 Å². The van der Waals surface area contributed by atoms with Crippen LogP contribution in [0.25, 0.3) is 10.9 Å². The second kappa shape index (κ2) is 4.75. The SMILES string of the molecule is ClCC1CC(c2ccc(Cl)c3cccnc23)=NO1. The molecule has 2 heterocycles. The lowest BCUT2D eigenvalue weighted by atomic mass is 10.0. The quantitative estimate of drug-likeness (QED) is 0.788. The van der Waals surface area contributed by atoms with Gasteiger partial charge in [-0.1, -0.05) is 16.8 Å². The van der Waals surface area contributed by atoms with Gasteiger partial charge in [-0.2, -0.15) is 0 Å². The van der Waals surface area contributed by atoms with Crippen molar-refractivity contribution in [2.45, 2.75) is 12.5 Å². The van der Waals surface area contributed by atoms with Gasteiger partial charge in [-0.3, -0.25) is 4.98 Å². The molecule has 3 rings (SSSR count). The highest BCUT2D eigenvalue weighted by Gasteiger charge is 2.23. The van der Waals surface area contributed by atoms with Crippen LogP contribution in [0.5, 0.6) is 0 Å². The van der Waals surface area contributed by atoms with Crippen LogP contribution in [0.3, 0.4) is 0 Å². The molecule has 3 nitrogen and oxygen atoms in total. The van der Waals surface area contributed by atoms with E-state index in [1.54, 1.807) is 6.20 Å². The molecule has 5 heteroatoms. The lowest BCUT2D eigenvalue weighted by Gasteiger charge is -2.06. The molecule has 1 atom stereocenters. The van der Waals surface area contributed by atoms with Crippen molar-refractivity contribution in [2.75, 3.05) is 5.88 Å². The summed E-state index contributed by atoms with van der Waals surface area (Å²) >= 11 is 11.9. The Bertz CT molecular complexity index is 627. The summed E-state index contributed by atoms with van der Waals surface area (Å²) < 4.78 is 0. The van der Waals surface area contributed by atoms with Gasteiger partial charge in [-0.15, -0.1) is 11.6 Å². The van der Waals surface area contributed by atoms with E-state index >= 15 is 0 Å². The standard InChI is InChI=1S/C13H10Cl2N2O/c14-7-8-6-12(17-18-8)10-3-4-11(15)9-2-1-5-16-13(9)10/h1-5,8H,6-7H2. The molecule has 0 radical (unpaired) electrons. The normalized spacial score (nSPS) is 18.8. The fourth-order valence-electron chi connectivity index (χ4n) is 2.04. The molecule has 0 bridgehead atoms. The summed E-state index contributed by atoms with van der Waals surface area (Å²) in [6.07, 6.45) is 2.41. The summed E-state index contributed by atoms with van der Waals surface area (Å²) in [5, 5.41) is 5.70. The van der Waals surface area contributed by atoms with Crippen molar-refractivity contribution < 1.29 is 4.84 Å². The number of alkyl halides is 1. The third kappa shape index (κ3) is 1.93. The van der Waals surface area contributed by atoms with Crippen LogP contribution in [0.15, 0.2) is 35.6 Å². The van der Waals surface area contributed by atoms with E-state index in [0.29, 0.717) is 17.3 Å². The summed E-state index contributed by atoms with van der Waals surface area (Å²) in [6, 6.07) is 7.60. The number of nitrogens with zero attached hydrogens (tertiary/aromatic N) is 2. The Morgan fingerprint density at radius 2 is 2.22 bits per heavy atom. The molecule has 1 aromatic heterocycles. The van der Waals surface area contributed by atoms with Crippen molar-refractivity contribution in [2.24, 2.45) is 5.16 Å². The molecule has 0 saturated heterocycles. The first kappa shape index (κ1) is 11.8. The van der Waals surface area contributed by atoms with Gasteiger partial charge in [0.1, 0.15) is 6.10 Å². The minimum absolute atomic E-state index is 0.0453. The van der Waals surface area contributed by atoms with E-state index in [1.165, 1.54) is 0 Å². The molecule has 0 saturated carbocycles. The van der Waals surface area contributed by atoms with Gasteiger partial charge in [-0.05, 0) is 24.3 Å². The van der Waals surface area contributed by atoms with Gasteiger partial charge in [0.05, 0.1) is 22.1 Å². The highest BCUT2D eigenvalue weighted by molar-refractivity contribution is 6.36. The molecule has 0 N–H and O–H groups in total. The molecule has 2 aromatic rings. The zero-order chi connectivity index (χ0) is 12.5. The maximum atomic E-state index is 6.16. The van der Waals surface area contributed by atoms with E-state index in [4.69, 9.17) is 28.0 Å². The van der Waals surface area contributed by atoms with Crippen molar-refractivity contribution in [1.29, 1.82) is 0 Å². The summed E-state index contributed by atoms with van der Waals surface area (Å²) in [5.74, 6) is 0.436. The molecule has 1 aliphatic rings. The van der Waals surface area contributed by atoms with Gasteiger partial charge in [0.2, 0.25) is 0 Å². The average molecular weight is 281 g/mol. The van der Waals surface area contributed by atoms with Crippen molar-refractivity contribution >= 4 is 39.8 Å². The maximum absolute atomic E-state index is 6.16. The first-order valence-electron chi connectivity index (χ1n) is 5.62. The molecule has 18 heavy (non-hydrogen) atoms. The minimum atomic E-state index is -0.0453. The number of aromatic nitrogens is 1. The van der Waals surface area contributed by atoms with E-state index in [2.05, 4.69) is 10.1 Å². The van der Waals surface area contributed by atoms with Crippen LogP contribution < -0.4 is 0 Å². The van der Waals surface area contributed by atoms with Crippen LogP contribution >= 0.6 is 23.2 Å². The Morgan fingerprint density at radius 1 is 1.33 bits per heavy atom. The molecule has 0 amide bonds. The lowest BCUT2D eigenvalue weighted by Crippen LogP contribution is -2.10. The largest absolute Gasteiger partial charge is 0.391 e. The zero-order valence-corrected chi connectivity index (χ0v) is 10.9. The van der Waals surface area contributed by atoms with Crippen LogP contribution in [0.1, 0.15) is 12.0 Å². The molecule has 0 aliphatic carbocycles. The van der Waals surface area contributed by atoms with Crippen LogP contribution in [-0.2, 0) is 4.84 Å². The third-order valence-electron chi connectivity index (χ3n) is 2.93. The predicted octanol–water partition coefficient (Wildman–Crippen LogP) is 3.62. The fourth-order valence-corrected chi connectivity index (χ4v) is 2.42. The molecule has 1 aliphatic heterocycles. The summed E-state index contributed by atoms with van der Waals surface area (Å²) in [6.45, 7) is 0. The maximum Gasteiger partial charge on any atom is 0.146 e. The molecular weight excluding hydrogens is 271 g/mol. The summed E-state index contributed by atoms with van der Waals surface area (Å²) in [5.41, 5.74) is 2.69. The fraction of sp³-hybridized carbons (Fsp3) is 0.231. The first-order chi connectivity index (χ1) is 8.79.